The number of rotatable bonds is 7. The van der Waals surface area contributed by atoms with E-state index in [1.807, 2.05) is 0 Å². The van der Waals surface area contributed by atoms with Crippen LogP contribution in [0.25, 0.3) is 0 Å². The maximum absolute atomic E-state index is 3.92. The van der Waals surface area contributed by atoms with Crippen LogP contribution in [0.1, 0.15) is 97.3 Å². The van der Waals surface area contributed by atoms with Gasteiger partial charge in [-0.2, -0.15) is 0 Å². The first kappa shape index (κ1) is 16.3. The van der Waals surface area contributed by atoms with Crippen LogP contribution in [-0.2, 0) is 0 Å². The molecule has 0 saturated heterocycles. The summed E-state index contributed by atoms with van der Waals surface area (Å²) in [4.78, 5) is 0. The molecule has 1 atom stereocenters. The standard InChI is InChI=1S/C18H36N2/c1-3-4-11-16(2)19-20(17-12-7-5-8-13-17)18-14-9-6-10-15-18/h16-19H,3-15H2,1-2H3. The van der Waals surface area contributed by atoms with E-state index in [-0.39, 0.29) is 0 Å². The van der Waals surface area contributed by atoms with E-state index in [1.54, 1.807) is 0 Å². The average molecular weight is 280 g/mol. The average Bonchev–Trinajstić information content (AvgIpc) is 2.52. The molecular formula is C18H36N2. The molecule has 0 aromatic carbocycles. The van der Waals surface area contributed by atoms with Gasteiger partial charge in [-0.1, -0.05) is 58.3 Å². The van der Waals surface area contributed by atoms with Crippen LogP contribution in [0, 0.1) is 0 Å². The molecule has 0 amide bonds. The molecule has 118 valence electrons. The Balaban J connectivity index is 1.91. The Labute approximate surface area is 126 Å². The zero-order valence-electron chi connectivity index (χ0n) is 13.9. The van der Waals surface area contributed by atoms with Crippen molar-refractivity contribution in [2.45, 2.75) is 115 Å². The lowest BCUT2D eigenvalue weighted by Crippen LogP contribution is -2.55. The topological polar surface area (TPSA) is 15.3 Å². The molecule has 0 radical (unpaired) electrons. The van der Waals surface area contributed by atoms with Crippen LogP contribution in [0.15, 0.2) is 0 Å². The second kappa shape index (κ2) is 9.04. The monoisotopic (exact) mass is 280 g/mol. The third-order valence-corrected chi connectivity index (χ3v) is 5.30. The van der Waals surface area contributed by atoms with Gasteiger partial charge in [-0.15, -0.1) is 0 Å². The Morgan fingerprint density at radius 3 is 1.85 bits per heavy atom. The number of hydrogen-bond acceptors (Lipinski definition) is 2. The molecule has 0 aromatic heterocycles. The fourth-order valence-corrected chi connectivity index (χ4v) is 4.06. The van der Waals surface area contributed by atoms with Gasteiger partial charge in [0.25, 0.3) is 0 Å². The molecule has 2 saturated carbocycles. The van der Waals surface area contributed by atoms with Crippen molar-refractivity contribution in [1.82, 2.24) is 10.4 Å². The van der Waals surface area contributed by atoms with Gasteiger partial charge in [0.15, 0.2) is 0 Å². The van der Waals surface area contributed by atoms with E-state index >= 15 is 0 Å². The summed E-state index contributed by atoms with van der Waals surface area (Å²) >= 11 is 0. The van der Waals surface area contributed by atoms with Crippen LogP contribution >= 0.6 is 0 Å². The SMILES string of the molecule is CCCCC(C)NN(C1CCCCC1)C1CCCCC1. The number of hydrazine groups is 1. The summed E-state index contributed by atoms with van der Waals surface area (Å²) < 4.78 is 0. The zero-order valence-corrected chi connectivity index (χ0v) is 13.9. The molecule has 0 spiro atoms. The van der Waals surface area contributed by atoms with Gasteiger partial charge >= 0.3 is 0 Å². The molecule has 0 aromatic rings. The molecule has 1 unspecified atom stereocenters. The van der Waals surface area contributed by atoms with Crippen LogP contribution in [-0.4, -0.2) is 23.1 Å². The largest absolute Gasteiger partial charge is 0.252 e. The van der Waals surface area contributed by atoms with Crippen molar-refractivity contribution < 1.29 is 0 Å². The first-order valence-electron chi connectivity index (χ1n) is 9.35. The third-order valence-electron chi connectivity index (χ3n) is 5.30. The number of nitrogens with one attached hydrogen (secondary N) is 1. The molecule has 20 heavy (non-hydrogen) atoms. The quantitative estimate of drug-likeness (QED) is 0.657. The van der Waals surface area contributed by atoms with Gasteiger partial charge < -0.3 is 0 Å². The van der Waals surface area contributed by atoms with Crippen LogP contribution in [0.3, 0.4) is 0 Å². The Bertz CT molecular complexity index is 224. The van der Waals surface area contributed by atoms with Crippen molar-refractivity contribution in [2.75, 3.05) is 0 Å². The maximum Gasteiger partial charge on any atom is 0.0246 e. The molecule has 2 aliphatic rings. The Kier molecular flexibility index (Phi) is 7.37. The van der Waals surface area contributed by atoms with E-state index in [0.717, 1.165) is 12.1 Å². The fraction of sp³-hybridized carbons (Fsp3) is 1.00. The normalized spacial score (nSPS) is 24.1. The molecule has 2 heteroatoms. The molecule has 2 nitrogen and oxygen atoms in total. The summed E-state index contributed by atoms with van der Waals surface area (Å²) in [5, 5.41) is 2.73. The van der Waals surface area contributed by atoms with E-state index in [9.17, 15) is 0 Å². The molecule has 2 fully saturated rings. The van der Waals surface area contributed by atoms with Crippen LogP contribution < -0.4 is 5.43 Å². The minimum absolute atomic E-state index is 0.652. The fourth-order valence-electron chi connectivity index (χ4n) is 4.06. The van der Waals surface area contributed by atoms with E-state index in [2.05, 4.69) is 24.3 Å². The van der Waals surface area contributed by atoms with Crippen molar-refractivity contribution in [3.63, 3.8) is 0 Å². The minimum atomic E-state index is 0.652. The lowest BCUT2D eigenvalue weighted by Gasteiger charge is -2.43. The highest BCUT2D eigenvalue weighted by atomic mass is 15.5. The van der Waals surface area contributed by atoms with Gasteiger partial charge in [0.1, 0.15) is 0 Å². The number of unbranched alkanes of at least 4 members (excludes halogenated alkanes) is 1. The lowest BCUT2D eigenvalue weighted by atomic mass is 9.90. The minimum Gasteiger partial charge on any atom is -0.252 e. The van der Waals surface area contributed by atoms with E-state index < -0.39 is 0 Å². The second-order valence-corrected chi connectivity index (χ2v) is 7.16. The van der Waals surface area contributed by atoms with Crippen LogP contribution in [0.2, 0.25) is 0 Å². The van der Waals surface area contributed by atoms with Crippen molar-refractivity contribution in [2.24, 2.45) is 0 Å². The molecule has 2 rings (SSSR count). The van der Waals surface area contributed by atoms with Crippen molar-refractivity contribution in [3.05, 3.63) is 0 Å². The van der Waals surface area contributed by atoms with Gasteiger partial charge in [0, 0.05) is 18.1 Å². The van der Waals surface area contributed by atoms with Crippen molar-refractivity contribution >= 4 is 0 Å². The van der Waals surface area contributed by atoms with Gasteiger partial charge in [0.2, 0.25) is 0 Å². The van der Waals surface area contributed by atoms with E-state index in [0.29, 0.717) is 6.04 Å². The first-order chi connectivity index (χ1) is 9.81. The molecule has 0 bridgehead atoms. The summed E-state index contributed by atoms with van der Waals surface area (Å²) in [5.74, 6) is 0. The summed E-state index contributed by atoms with van der Waals surface area (Å²) in [5.41, 5.74) is 3.92. The highest BCUT2D eigenvalue weighted by molar-refractivity contribution is 4.82. The lowest BCUT2D eigenvalue weighted by molar-refractivity contribution is 0.0151. The predicted octanol–water partition coefficient (Wildman–Crippen LogP) is 5.04. The van der Waals surface area contributed by atoms with Gasteiger partial charge in [0.05, 0.1) is 0 Å². The van der Waals surface area contributed by atoms with Gasteiger partial charge in [-0.25, -0.2) is 5.01 Å². The summed E-state index contributed by atoms with van der Waals surface area (Å²) in [6.07, 6.45) is 18.4. The first-order valence-corrected chi connectivity index (χ1v) is 9.35. The molecule has 1 N–H and O–H groups in total. The maximum atomic E-state index is 3.92. The van der Waals surface area contributed by atoms with Crippen LogP contribution in [0.4, 0.5) is 0 Å². The smallest absolute Gasteiger partial charge is 0.0246 e. The summed E-state index contributed by atoms with van der Waals surface area (Å²) in [7, 11) is 0. The van der Waals surface area contributed by atoms with Crippen LogP contribution in [0.5, 0.6) is 0 Å². The van der Waals surface area contributed by atoms with Crippen molar-refractivity contribution in [1.29, 1.82) is 0 Å². The Hall–Kier alpha value is -0.0800. The zero-order chi connectivity index (χ0) is 14.2. The second-order valence-electron chi connectivity index (χ2n) is 7.16. The van der Waals surface area contributed by atoms with Gasteiger partial charge in [-0.3, -0.25) is 5.43 Å². The highest BCUT2D eigenvalue weighted by Gasteiger charge is 2.29. The molecule has 2 aliphatic carbocycles. The van der Waals surface area contributed by atoms with Crippen molar-refractivity contribution in [3.8, 4) is 0 Å². The Morgan fingerprint density at radius 2 is 1.40 bits per heavy atom. The highest BCUT2D eigenvalue weighted by Crippen LogP contribution is 2.29. The van der Waals surface area contributed by atoms with Gasteiger partial charge in [-0.05, 0) is 39.0 Å². The number of nitrogens with zero attached hydrogens (tertiary/aromatic N) is 1. The summed E-state index contributed by atoms with van der Waals surface area (Å²) in [6.45, 7) is 4.68. The summed E-state index contributed by atoms with van der Waals surface area (Å²) in [6, 6.07) is 2.28. The molecule has 0 heterocycles. The van der Waals surface area contributed by atoms with E-state index in [4.69, 9.17) is 0 Å². The van der Waals surface area contributed by atoms with E-state index in [1.165, 1.54) is 83.5 Å². The molecule has 0 aliphatic heterocycles. The predicted molar refractivity (Wildman–Crippen MR) is 87.7 cm³/mol. The Morgan fingerprint density at radius 1 is 0.900 bits per heavy atom. The molecular weight excluding hydrogens is 244 g/mol. The third kappa shape index (κ3) is 5.04. The number of hydrogen-bond donors (Lipinski definition) is 1.